The summed E-state index contributed by atoms with van der Waals surface area (Å²) < 4.78 is 0. The van der Waals surface area contributed by atoms with Crippen LogP contribution in [0.3, 0.4) is 0 Å². The topological polar surface area (TPSA) is 58.2 Å². The van der Waals surface area contributed by atoms with Crippen molar-refractivity contribution in [1.29, 1.82) is 0 Å². The molecule has 1 fully saturated rings. The summed E-state index contributed by atoms with van der Waals surface area (Å²) in [6, 6.07) is 5.49. The van der Waals surface area contributed by atoms with Gasteiger partial charge in [0.25, 0.3) is 0 Å². The Morgan fingerprint density at radius 2 is 2.11 bits per heavy atom. The van der Waals surface area contributed by atoms with E-state index in [1.165, 1.54) is 5.56 Å². The molecule has 2 amide bonds. The molecule has 1 aliphatic heterocycles. The number of amides is 2. The first-order chi connectivity index (χ1) is 9.06. The molecule has 0 radical (unpaired) electrons. The highest BCUT2D eigenvalue weighted by Crippen LogP contribution is 2.17. The standard InChI is InChI=1S/C15H20N2O2/c1-10-7-8-12(11(2)9-10)17-15(19)13-5-3-4-6-14(18)16-13/h7-9,13H,3-6H2,1-2H3,(H,16,18)(H,17,19). The van der Waals surface area contributed by atoms with Crippen LogP contribution in [0.5, 0.6) is 0 Å². The van der Waals surface area contributed by atoms with Crippen molar-refractivity contribution < 1.29 is 9.59 Å². The first-order valence-electron chi connectivity index (χ1n) is 6.74. The van der Waals surface area contributed by atoms with Gasteiger partial charge >= 0.3 is 0 Å². The normalized spacial score (nSPS) is 19.5. The summed E-state index contributed by atoms with van der Waals surface area (Å²) in [4.78, 5) is 23.6. The highest BCUT2D eigenvalue weighted by molar-refractivity contribution is 5.97. The molecule has 1 aromatic carbocycles. The van der Waals surface area contributed by atoms with Crippen molar-refractivity contribution in [3.8, 4) is 0 Å². The Morgan fingerprint density at radius 3 is 2.84 bits per heavy atom. The van der Waals surface area contributed by atoms with Crippen LogP contribution in [0.4, 0.5) is 5.69 Å². The zero-order valence-electron chi connectivity index (χ0n) is 11.5. The highest BCUT2D eigenvalue weighted by Gasteiger charge is 2.23. The summed E-state index contributed by atoms with van der Waals surface area (Å²) in [5.74, 6) is -0.152. The predicted octanol–water partition coefficient (Wildman–Crippen LogP) is 2.30. The number of benzene rings is 1. The Morgan fingerprint density at radius 1 is 1.32 bits per heavy atom. The van der Waals surface area contributed by atoms with Crippen LogP contribution in [-0.4, -0.2) is 17.9 Å². The molecule has 0 bridgehead atoms. The second-order valence-corrected chi connectivity index (χ2v) is 5.17. The lowest BCUT2D eigenvalue weighted by Gasteiger charge is -2.16. The van der Waals surface area contributed by atoms with Gasteiger partial charge in [0.15, 0.2) is 0 Å². The number of hydrogen-bond donors (Lipinski definition) is 2. The Kier molecular flexibility index (Phi) is 4.20. The molecule has 4 heteroatoms. The van der Waals surface area contributed by atoms with Crippen molar-refractivity contribution >= 4 is 17.5 Å². The Bertz CT molecular complexity index is 497. The summed E-state index contributed by atoms with van der Waals surface area (Å²) in [6.07, 6.45) is 3.00. The lowest BCUT2D eigenvalue weighted by molar-refractivity contribution is -0.125. The van der Waals surface area contributed by atoms with E-state index in [-0.39, 0.29) is 11.8 Å². The van der Waals surface area contributed by atoms with Gasteiger partial charge in [-0.15, -0.1) is 0 Å². The molecule has 1 aliphatic rings. The van der Waals surface area contributed by atoms with E-state index in [0.29, 0.717) is 12.8 Å². The van der Waals surface area contributed by atoms with Gasteiger partial charge in [-0.25, -0.2) is 0 Å². The molecule has 1 unspecified atom stereocenters. The summed E-state index contributed by atoms with van der Waals surface area (Å²) in [7, 11) is 0. The van der Waals surface area contributed by atoms with Gasteiger partial charge < -0.3 is 10.6 Å². The molecule has 1 saturated heterocycles. The molecule has 1 heterocycles. The van der Waals surface area contributed by atoms with Crippen molar-refractivity contribution in [3.63, 3.8) is 0 Å². The zero-order valence-corrected chi connectivity index (χ0v) is 11.5. The van der Waals surface area contributed by atoms with E-state index in [0.717, 1.165) is 24.1 Å². The fraction of sp³-hybridized carbons (Fsp3) is 0.467. The fourth-order valence-corrected chi connectivity index (χ4v) is 2.34. The summed E-state index contributed by atoms with van der Waals surface area (Å²) in [5.41, 5.74) is 3.01. The second-order valence-electron chi connectivity index (χ2n) is 5.17. The van der Waals surface area contributed by atoms with Crippen LogP contribution < -0.4 is 10.6 Å². The average molecular weight is 260 g/mol. The molecule has 0 saturated carbocycles. The van der Waals surface area contributed by atoms with E-state index in [1.54, 1.807) is 0 Å². The van der Waals surface area contributed by atoms with E-state index in [2.05, 4.69) is 10.6 Å². The molecular weight excluding hydrogens is 240 g/mol. The predicted molar refractivity (Wildman–Crippen MR) is 74.9 cm³/mol. The number of hydrogen-bond acceptors (Lipinski definition) is 2. The molecule has 0 spiro atoms. The van der Waals surface area contributed by atoms with Crippen molar-refractivity contribution in [2.24, 2.45) is 0 Å². The largest absolute Gasteiger partial charge is 0.344 e. The average Bonchev–Trinajstić information content (AvgIpc) is 2.57. The quantitative estimate of drug-likeness (QED) is 0.857. The molecule has 2 rings (SSSR count). The summed E-state index contributed by atoms with van der Waals surface area (Å²) in [6.45, 7) is 3.98. The van der Waals surface area contributed by atoms with E-state index < -0.39 is 6.04 Å². The van der Waals surface area contributed by atoms with Gasteiger partial charge in [0.05, 0.1) is 0 Å². The third-order valence-corrected chi connectivity index (χ3v) is 3.44. The van der Waals surface area contributed by atoms with Crippen LogP contribution in [-0.2, 0) is 9.59 Å². The van der Waals surface area contributed by atoms with E-state index in [9.17, 15) is 9.59 Å². The molecule has 0 aliphatic carbocycles. The third-order valence-electron chi connectivity index (χ3n) is 3.44. The minimum Gasteiger partial charge on any atom is -0.344 e. The number of anilines is 1. The van der Waals surface area contributed by atoms with Gasteiger partial charge in [0.1, 0.15) is 6.04 Å². The van der Waals surface area contributed by atoms with E-state index >= 15 is 0 Å². The lowest BCUT2D eigenvalue weighted by atomic mass is 10.1. The van der Waals surface area contributed by atoms with Gasteiger partial charge in [-0.2, -0.15) is 0 Å². The van der Waals surface area contributed by atoms with Crippen molar-refractivity contribution in [1.82, 2.24) is 5.32 Å². The van der Waals surface area contributed by atoms with Crippen LogP contribution in [0, 0.1) is 13.8 Å². The number of aryl methyl sites for hydroxylation is 2. The van der Waals surface area contributed by atoms with Crippen LogP contribution in [0.2, 0.25) is 0 Å². The smallest absolute Gasteiger partial charge is 0.246 e. The Hall–Kier alpha value is -1.84. The first-order valence-corrected chi connectivity index (χ1v) is 6.74. The van der Waals surface area contributed by atoms with Gasteiger partial charge in [-0.3, -0.25) is 9.59 Å². The number of nitrogens with one attached hydrogen (secondary N) is 2. The highest BCUT2D eigenvalue weighted by atomic mass is 16.2. The maximum Gasteiger partial charge on any atom is 0.246 e. The zero-order chi connectivity index (χ0) is 13.8. The maximum atomic E-state index is 12.2. The Labute approximate surface area is 113 Å². The first kappa shape index (κ1) is 13.6. The molecular formula is C15H20N2O2. The van der Waals surface area contributed by atoms with Crippen molar-refractivity contribution in [3.05, 3.63) is 29.3 Å². The number of rotatable bonds is 2. The molecule has 1 atom stereocenters. The minimum absolute atomic E-state index is 0.0294. The van der Waals surface area contributed by atoms with Gasteiger partial charge in [0, 0.05) is 12.1 Å². The van der Waals surface area contributed by atoms with Crippen molar-refractivity contribution in [2.75, 3.05) is 5.32 Å². The minimum atomic E-state index is -0.407. The van der Waals surface area contributed by atoms with Crippen LogP contribution in [0.25, 0.3) is 0 Å². The van der Waals surface area contributed by atoms with E-state index in [4.69, 9.17) is 0 Å². The molecule has 2 N–H and O–H groups in total. The summed E-state index contributed by atoms with van der Waals surface area (Å²) in [5, 5.41) is 5.68. The van der Waals surface area contributed by atoms with Crippen LogP contribution >= 0.6 is 0 Å². The maximum absolute atomic E-state index is 12.2. The van der Waals surface area contributed by atoms with Crippen molar-refractivity contribution in [2.45, 2.75) is 45.6 Å². The molecule has 4 nitrogen and oxygen atoms in total. The van der Waals surface area contributed by atoms with Gasteiger partial charge in [-0.1, -0.05) is 24.1 Å². The summed E-state index contributed by atoms with van der Waals surface area (Å²) >= 11 is 0. The third kappa shape index (κ3) is 3.56. The van der Waals surface area contributed by atoms with Crippen LogP contribution in [0.15, 0.2) is 18.2 Å². The van der Waals surface area contributed by atoms with Crippen LogP contribution in [0.1, 0.15) is 36.8 Å². The molecule has 0 aromatic heterocycles. The van der Waals surface area contributed by atoms with Gasteiger partial charge in [-0.05, 0) is 38.3 Å². The number of carbonyl (C=O) groups is 2. The van der Waals surface area contributed by atoms with E-state index in [1.807, 2.05) is 32.0 Å². The number of carbonyl (C=O) groups excluding carboxylic acids is 2. The molecule has 19 heavy (non-hydrogen) atoms. The SMILES string of the molecule is Cc1ccc(NC(=O)C2CCCCC(=O)N2)c(C)c1. The molecule has 102 valence electrons. The monoisotopic (exact) mass is 260 g/mol. The second kappa shape index (κ2) is 5.87. The Balaban J connectivity index is 2.05. The van der Waals surface area contributed by atoms with Gasteiger partial charge in [0.2, 0.25) is 11.8 Å². The molecule has 1 aromatic rings. The fourth-order valence-electron chi connectivity index (χ4n) is 2.34. The lowest BCUT2D eigenvalue weighted by Crippen LogP contribution is -2.42.